The van der Waals surface area contributed by atoms with E-state index in [2.05, 4.69) is 15.0 Å². The SMILES string of the molecule is ClC(Cl)(Cl)c1ncnc(C(Cl)(Cl)Cl)n1.O=C(O)CN(CC(=O)O)c1ccccc1. The van der Waals surface area contributed by atoms with Gasteiger partial charge >= 0.3 is 11.9 Å². The van der Waals surface area contributed by atoms with E-state index >= 15 is 0 Å². The molecule has 14 heteroatoms. The van der Waals surface area contributed by atoms with Crippen LogP contribution in [0, 0.1) is 0 Å². The van der Waals surface area contributed by atoms with E-state index < -0.39 is 19.5 Å². The Labute approximate surface area is 195 Å². The van der Waals surface area contributed by atoms with Crippen LogP contribution in [-0.4, -0.2) is 50.2 Å². The highest BCUT2D eigenvalue weighted by atomic mass is 35.6. The van der Waals surface area contributed by atoms with Gasteiger partial charge in [0, 0.05) is 5.69 Å². The largest absolute Gasteiger partial charge is 0.480 e. The van der Waals surface area contributed by atoms with Gasteiger partial charge in [-0.3, -0.25) is 9.59 Å². The van der Waals surface area contributed by atoms with Crippen LogP contribution < -0.4 is 4.90 Å². The maximum atomic E-state index is 10.5. The van der Waals surface area contributed by atoms with Crippen molar-refractivity contribution < 1.29 is 19.8 Å². The van der Waals surface area contributed by atoms with E-state index in [1.165, 1.54) is 4.90 Å². The Bertz CT molecular complexity index is 784. The van der Waals surface area contributed by atoms with Crippen LogP contribution >= 0.6 is 69.6 Å². The third-order valence-electron chi connectivity index (χ3n) is 2.85. The summed E-state index contributed by atoms with van der Waals surface area (Å²) in [6.45, 7) is -0.646. The molecular weight excluding hydrogens is 513 g/mol. The van der Waals surface area contributed by atoms with Gasteiger partial charge in [0.1, 0.15) is 19.4 Å². The maximum Gasteiger partial charge on any atom is 0.323 e. The Hall–Kier alpha value is -1.29. The molecule has 1 aromatic heterocycles. The summed E-state index contributed by atoms with van der Waals surface area (Å²) in [5.41, 5.74) is 0.585. The number of rotatable bonds is 5. The summed E-state index contributed by atoms with van der Waals surface area (Å²) in [6, 6.07) is 8.58. The first-order chi connectivity index (χ1) is 13.3. The third-order valence-corrected chi connectivity index (χ3v) is 3.87. The quantitative estimate of drug-likeness (QED) is 0.559. The van der Waals surface area contributed by atoms with Crippen molar-refractivity contribution in [2.75, 3.05) is 18.0 Å². The Kier molecular flexibility index (Phi) is 9.94. The van der Waals surface area contributed by atoms with Crippen molar-refractivity contribution >= 4 is 87.2 Å². The summed E-state index contributed by atoms with van der Waals surface area (Å²) in [4.78, 5) is 33.3. The molecule has 0 saturated heterocycles. The number of carbonyl (C=O) groups is 2. The first-order valence-corrected chi connectivity index (χ1v) is 9.64. The number of carboxylic acids is 2. The third kappa shape index (κ3) is 9.84. The Morgan fingerprint density at radius 3 is 1.59 bits per heavy atom. The molecule has 0 fully saturated rings. The van der Waals surface area contributed by atoms with Gasteiger partial charge in [-0.25, -0.2) is 15.0 Å². The van der Waals surface area contributed by atoms with Crippen LogP contribution in [-0.2, 0) is 17.2 Å². The number of hydrogen-bond donors (Lipinski definition) is 2. The Morgan fingerprint density at radius 2 is 1.24 bits per heavy atom. The number of aliphatic carboxylic acids is 2. The van der Waals surface area contributed by atoms with Crippen LogP contribution in [0.3, 0.4) is 0 Å². The molecule has 0 bridgehead atoms. The normalized spacial score (nSPS) is 11.2. The second-order valence-corrected chi connectivity index (χ2v) is 9.67. The second kappa shape index (κ2) is 11.2. The lowest BCUT2D eigenvalue weighted by molar-refractivity contribution is -0.136. The van der Waals surface area contributed by atoms with Crippen LogP contribution in [0.2, 0.25) is 0 Å². The second-order valence-electron chi connectivity index (χ2n) is 5.11. The molecule has 2 rings (SSSR count). The van der Waals surface area contributed by atoms with E-state index in [0.717, 1.165) is 6.33 Å². The molecule has 0 atom stereocenters. The lowest BCUT2D eigenvalue weighted by Crippen LogP contribution is -2.34. The number of hydrogen-bond acceptors (Lipinski definition) is 6. The Morgan fingerprint density at radius 1 is 0.828 bits per heavy atom. The van der Waals surface area contributed by atoms with Gasteiger partial charge in [0.25, 0.3) is 0 Å². The highest BCUT2D eigenvalue weighted by Crippen LogP contribution is 2.39. The predicted molar refractivity (Wildman–Crippen MR) is 112 cm³/mol. The van der Waals surface area contributed by atoms with E-state index in [9.17, 15) is 9.59 Å². The Balaban J connectivity index is 0.000000291. The number of halogens is 6. The topological polar surface area (TPSA) is 117 Å². The highest BCUT2D eigenvalue weighted by Gasteiger charge is 2.32. The molecule has 0 spiro atoms. The van der Waals surface area contributed by atoms with Crippen molar-refractivity contribution in [2.45, 2.75) is 7.59 Å². The van der Waals surface area contributed by atoms with Gasteiger partial charge in [-0.05, 0) is 12.1 Å². The van der Waals surface area contributed by atoms with Crippen molar-refractivity contribution in [3.63, 3.8) is 0 Å². The summed E-state index contributed by atoms with van der Waals surface area (Å²) in [6.07, 6.45) is 1.10. The molecule has 0 amide bonds. The zero-order valence-electron chi connectivity index (χ0n) is 14.1. The number of carboxylic acid groups (broad SMARTS) is 2. The summed E-state index contributed by atoms with van der Waals surface area (Å²) < 4.78 is -3.54. The van der Waals surface area contributed by atoms with Crippen molar-refractivity contribution in [3.05, 3.63) is 48.3 Å². The molecule has 1 heterocycles. The van der Waals surface area contributed by atoms with Crippen molar-refractivity contribution in [1.82, 2.24) is 15.0 Å². The summed E-state index contributed by atoms with van der Waals surface area (Å²) in [7, 11) is 0. The minimum Gasteiger partial charge on any atom is -0.480 e. The minimum atomic E-state index is -1.77. The molecule has 8 nitrogen and oxygen atoms in total. The van der Waals surface area contributed by atoms with Crippen LogP contribution in [0.15, 0.2) is 36.7 Å². The van der Waals surface area contributed by atoms with Gasteiger partial charge < -0.3 is 15.1 Å². The van der Waals surface area contributed by atoms with E-state index in [1.807, 2.05) is 0 Å². The molecule has 0 aliphatic rings. The number of aromatic nitrogens is 3. The number of benzene rings is 1. The zero-order valence-corrected chi connectivity index (χ0v) is 18.7. The molecule has 2 N–H and O–H groups in total. The number of nitrogens with zero attached hydrogens (tertiary/aromatic N) is 4. The molecule has 29 heavy (non-hydrogen) atoms. The number of anilines is 1. The average molecular weight is 525 g/mol. The van der Waals surface area contributed by atoms with Gasteiger partial charge in [-0.15, -0.1) is 0 Å². The fourth-order valence-electron chi connectivity index (χ4n) is 1.77. The molecule has 2 aromatic rings. The van der Waals surface area contributed by atoms with E-state index in [4.69, 9.17) is 79.8 Å². The summed E-state index contributed by atoms with van der Waals surface area (Å²) >= 11 is 33.2. The fourth-order valence-corrected chi connectivity index (χ4v) is 2.32. The number of para-hydroxylation sites is 1. The molecule has 0 aliphatic carbocycles. The van der Waals surface area contributed by atoms with Crippen molar-refractivity contribution in [3.8, 4) is 0 Å². The van der Waals surface area contributed by atoms with E-state index in [0.29, 0.717) is 5.69 Å². The van der Waals surface area contributed by atoms with Gasteiger partial charge in [-0.2, -0.15) is 0 Å². The molecule has 0 saturated carbocycles. The monoisotopic (exact) mass is 522 g/mol. The van der Waals surface area contributed by atoms with E-state index in [1.54, 1.807) is 30.3 Å². The molecule has 158 valence electrons. The summed E-state index contributed by atoms with van der Waals surface area (Å²) in [5.74, 6) is -2.31. The molecule has 1 aromatic carbocycles. The van der Waals surface area contributed by atoms with Gasteiger partial charge in [-0.1, -0.05) is 87.8 Å². The van der Waals surface area contributed by atoms with Crippen LogP contribution in [0.4, 0.5) is 5.69 Å². The van der Waals surface area contributed by atoms with E-state index in [-0.39, 0.29) is 24.7 Å². The lowest BCUT2D eigenvalue weighted by Gasteiger charge is -2.20. The number of alkyl halides is 6. The van der Waals surface area contributed by atoms with Crippen molar-refractivity contribution in [1.29, 1.82) is 0 Å². The van der Waals surface area contributed by atoms with Gasteiger partial charge in [0.05, 0.1) is 0 Å². The van der Waals surface area contributed by atoms with Crippen LogP contribution in [0.5, 0.6) is 0 Å². The van der Waals surface area contributed by atoms with Gasteiger partial charge in [0.15, 0.2) is 11.6 Å². The van der Waals surface area contributed by atoms with Crippen LogP contribution in [0.25, 0.3) is 0 Å². The first kappa shape index (κ1) is 25.7. The smallest absolute Gasteiger partial charge is 0.323 e. The molecule has 0 unspecified atom stereocenters. The highest BCUT2D eigenvalue weighted by molar-refractivity contribution is 6.67. The maximum absolute atomic E-state index is 10.5. The molecule has 0 aliphatic heterocycles. The summed E-state index contributed by atoms with van der Waals surface area (Å²) in [5, 5.41) is 17.2. The fraction of sp³-hybridized carbons (Fsp3) is 0.267. The van der Waals surface area contributed by atoms with Gasteiger partial charge in [0.2, 0.25) is 7.59 Å². The molecular formula is C15H12Cl6N4O4. The molecule has 0 radical (unpaired) electrons. The van der Waals surface area contributed by atoms with Crippen molar-refractivity contribution in [2.24, 2.45) is 0 Å². The first-order valence-electron chi connectivity index (χ1n) is 7.37. The predicted octanol–water partition coefficient (Wildman–Crippen LogP) is 4.19. The van der Waals surface area contributed by atoms with Crippen LogP contribution in [0.1, 0.15) is 11.6 Å². The standard InChI is InChI=1S/C10H11NO4.C5HCl6N3/c12-9(13)6-11(7-10(14)15)8-4-2-1-3-5-8;6-4(7,8)2-12-1-13-3(14-2)5(9,10)11/h1-5H,6-7H2,(H,12,13)(H,14,15);1H. The lowest BCUT2D eigenvalue weighted by atomic mass is 10.3. The minimum absolute atomic E-state index is 0.0983. The zero-order chi connectivity index (χ0) is 22.2. The average Bonchev–Trinajstić information content (AvgIpc) is 2.60.